The van der Waals surface area contributed by atoms with Crippen LogP contribution in [0.25, 0.3) is 0 Å². The predicted molar refractivity (Wildman–Crippen MR) is 77.1 cm³/mol. The van der Waals surface area contributed by atoms with Crippen molar-refractivity contribution in [1.82, 2.24) is 4.98 Å². The Morgan fingerprint density at radius 3 is 2.80 bits per heavy atom. The SMILES string of the molecule is COc1ccc(NCc2ccccn2)cc1OCCO. The lowest BCUT2D eigenvalue weighted by Gasteiger charge is -2.12. The quantitative estimate of drug-likeness (QED) is 0.809. The van der Waals surface area contributed by atoms with Crippen molar-refractivity contribution in [3.63, 3.8) is 0 Å². The largest absolute Gasteiger partial charge is 0.493 e. The van der Waals surface area contributed by atoms with Gasteiger partial charge in [0.05, 0.1) is 26.0 Å². The van der Waals surface area contributed by atoms with Crippen molar-refractivity contribution in [2.75, 3.05) is 25.6 Å². The summed E-state index contributed by atoms with van der Waals surface area (Å²) in [5, 5.41) is 12.1. The van der Waals surface area contributed by atoms with Crippen LogP contribution < -0.4 is 14.8 Å². The van der Waals surface area contributed by atoms with E-state index in [1.54, 1.807) is 13.3 Å². The Kier molecular flexibility index (Phi) is 5.20. The fraction of sp³-hybridized carbons (Fsp3) is 0.267. The van der Waals surface area contributed by atoms with Gasteiger partial charge in [-0.05, 0) is 24.3 Å². The van der Waals surface area contributed by atoms with Crippen LogP contribution in [0.15, 0.2) is 42.6 Å². The molecule has 0 unspecified atom stereocenters. The highest BCUT2D eigenvalue weighted by atomic mass is 16.5. The van der Waals surface area contributed by atoms with E-state index in [0.717, 1.165) is 11.4 Å². The van der Waals surface area contributed by atoms with E-state index in [2.05, 4.69) is 10.3 Å². The van der Waals surface area contributed by atoms with E-state index >= 15 is 0 Å². The molecule has 0 aliphatic rings. The molecule has 0 saturated heterocycles. The van der Waals surface area contributed by atoms with E-state index < -0.39 is 0 Å². The van der Waals surface area contributed by atoms with Gasteiger partial charge in [0, 0.05) is 18.0 Å². The van der Waals surface area contributed by atoms with Gasteiger partial charge in [0.1, 0.15) is 6.61 Å². The summed E-state index contributed by atoms with van der Waals surface area (Å²) in [6, 6.07) is 11.4. The number of methoxy groups -OCH3 is 1. The Morgan fingerprint density at radius 1 is 1.20 bits per heavy atom. The van der Waals surface area contributed by atoms with Gasteiger partial charge < -0.3 is 19.9 Å². The van der Waals surface area contributed by atoms with Gasteiger partial charge in [-0.2, -0.15) is 0 Å². The lowest BCUT2D eigenvalue weighted by atomic mass is 10.2. The first-order valence-corrected chi connectivity index (χ1v) is 6.39. The Morgan fingerprint density at radius 2 is 2.10 bits per heavy atom. The molecule has 106 valence electrons. The van der Waals surface area contributed by atoms with E-state index in [1.165, 1.54) is 0 Å². The number of aromatic nitrogens is 1. The number of nitrogens with one attached hydrogen (secondary N) is 1. The molecule has 0 bridgehead atoms. The maximum absolute atomic E-state index is 8.82. The van der Waals surface area contributed by atoms with Gasteiger partial charge in [0.2, 0.25) is 0 Å². The molecule has 0 amide bonds. The topological polar surface area (TPSA) is 63.6 Å². The summed E-state index contributed by atoms with van der Waals surface area (Å²) in [5.74, 6) is 1.24. The van der Waals surface area contributed by atoms with Crippen LogP contribution in [0, 0.1) is 0 Å². The van der Waals surface area contributed by atoms with Crippen LogP contribution in [0.5, 0.6) is 11.5 Å². The maximum atomic E-state index is 8.82. The molecule has 2 rings (SSSR count). The lowest BCUT2D eigenvalue weighted by Crippen LogP contribution is -2.05. The lowest BCUT2D eigenvalue weighted by molar-refractivity contribution is 0.196. The van der Waals surface area contributed by atoms with Gasteiger partial charge >= 0.3 is 0 Å². The standard InChI is InChI=1S/C15H18N2O3/c1-19-14-6-5-12(10-15(14)20-9-8-18)17-11-13-4-2-3-7-16-13/h2-7,10,17-18H,8-9,11H2,1H3. The molecule has 1 heterocycles. The number of aliphatic hydroxyl groups is 1. The molecular weight excluding hydrogens is 256 g/mol. The molecule has 0 aliphatic carbocycles. The number of rotatable bonds is 7. The van der Waals surface area contributed by atoms with Crippen LogP contribution in [0.3, 0.4) is 0 Å². The van der Waals surface area contributed by atoms with Crippen LogP contribution in [0.1, 0.15) is 5.69 Å². The minimum absolute atomic E-state index is 0.0330. The third-order valence-electron chi connectivity index (χ3n) is 2.71. The summed E-state index contributed by atoms with van der Waals surface area (Å²) in [6.07, 6.45) is 1.76. The minimum atomic E-state index is -0.0330. The number of nitrogens with zero attached hydrogens (tertiary/aromatic N) is 1. The fourth-order valence-electron chi connectivity index (χ4n) is 1.75. The van der Waals surface area contributed by atoms with Crippen molar-refractivity contribution in [3.8, 4) is 11.5 Å². The summed E-state index contributed by atoms with van der Waals surface area (Å²) in [6.45, 7) is 0.835. The molecule has 2 aromatic rings. The smallest absolute Gasteiger partial charge is 0.163 e. The molecule has 20 heavy (non-hydrogen) atoms. The number of aliphatic hydroxyl groups excluding tert-OH is 1. The summed E-state index contributed by atoms with van der Waals surface area (Å²) in [5.41, 5.74) is 1.87. The van der Waals surface area contributed by atoms with Crippen molar-refractivity contribution >= 4 is 5.69 Å². The van der Waals surface area contributed by atoms with Gasteiger partial charge in [0.15, 0.2) is 11.5 Å². The second kappa shape index (κ2) is 7.35. The van der Waals surface area contributed by atoms with Gasteiger partial charge in [-0.15, -0.1) is 0 Å². The van der Waals surface area contributed by atoms with E-state index in [4.69, 9.17) is 14.6 Å². The average Bonchev–Trinajstić information content (AvgIpc) is 2.52. The Hall–Kier alpha value is -2.27. The molecule has 0 radical (unpaired) electrons. The summed E-state index contributed by atoms with van der Waals surface area (Å²) in [4.78, 5) is 4.25. The third-order valence-corrected chi connectivity index (χ3v) is 2.71. The highest BCUT2D eigenvalue weighted by Gasteiger charge is 2.05. The number of hydrogen-bond acceptors (Lipinski definition) is 5. The van der Waals surface area contributed by atoms with Crippen molar-refractivity contribution in [2.45, 2.75) is 6.54 Å². The molecule has 0 saturated carbocycles. The number of pyridine rings is 1. The summed E-state index contributed by atoms with van der Waals surface area (Å²) in [7, 11) is 1.59. The molecule has 0 atom stereocenters. The first kappa shape index (κ1) is 14.1. The zero-order valence-electron chi connectivity index (χ0n) is 11.4. The van der Waals surface area contributed by atoms with E-state index in [9.17, 15) is 0 Å². The molecule has 0 aliphatic heterocycles. The van der Waals surface area contributed by atoms with Crippen LogP contribution in [0.4, 0.5) is 5.69 Å². The molecular formula is C15H18N2O3. The van der Waals surface area contributed by atoms with E-state index in [-0.39, 0.29) is 13.2 Å². The van der Waals surface area contributed by atoms with Crippen LogP contribution in [0.2, 0.25) is 0 Å². The number of benzene rings is 1. The van der Waals surface area contributed by atoms with E-state index in [0.29, 0.717) is 18.0 Å². The monoisotopic (exact) mass is 274 g/mol. The van der Waals surface area contributed by atoms with Gasteiger partial charge in [-0.3, -0.25) is 4.98 Å². The van der Waals surface area contributed by atoms with Gasteiger partial charge in [-0.1, -0.05) is 6.07 Å². The molecule has 0 fully saturated rings. The first-order valence-electron chi connectivity index (χ1n) is 6.39. The van der Waals surface area contributed by atoms with Crippen molar-refractivity contribution < 1.29 is 14.6 Å². The molecule has 5 nitrogen and oxygen atoms in total. The van der Waals surface area contributed by atoms with Crippen molar-refractivity contribution in [3.05, 3.63) is 48.3 Å². The summed E-state index contributed by atoms with van der Waals surface area (Å²) >= 11 is 0. The van der Waals surface area contributed by atoms with Gasteiger partial charge in [-0.25, -0.2) is 0 Å². The first-order chi connectivity index (χ1) is 9.83. The molecule has 5 heteroatoms. The third kappa shape index (κ3) is 3.86. The number of hydrogen-bond donors (Lipinski definition) is 2. The average molecular weight is 274 g/mol. The van der Waals surface area contributed by atoms with Crippen LogP contribution >= 0.6 is 0 Å². The second-order valence-corrected chi connectivity index (χ2v) is 4.11. The Balaban J connectivity index is 2.04. The zero-order chi connectivity index (χ0) is 14.2. The van der Waals surface area contributed by atoms with Crippen molar-refractivity contribution in [1.29, 1.82) is 0 Å². The van der Waals surface area contributed by atoms with Gasteiger partial charge in [0.25, 0.3) is 0 Å². The number of anilines is 1. The van der Waals surface area contributed by atoms with Crippen LogP contribution in [-0.2, 0) is 6.54 Å². The zero-order valence-corrected chi connectivity index (χ0v) is 11.4. The maximum Gasteiger partial charge on any atom is 0.163 e. The van der Waals surface area contributed by atoms with E-state index in [1.807, 2.05) is 36.4 Å². The second-order valence-electron chi connectivity index (χ2n) is 4.11. The number of ether oxygens (including phenoxy) is 2. The summed E-state index contributed by atoms with van der Waals surface area (Å²) < 4.78 is 10.7. The molecule has 1 aromatic heterocycles. The molecule has 1 aromatic carbocycles. The molecule has 2 N–H and O–H groups in total. The van der Waals surface area contributed by atoms with Crippen LogP contribution in [-0.4, -0.2) is 30.4 Å². The Bertz CT molecular complexity index is 532. The van der Waals surface area contributed by atoms with Crippen molar-refractivity contribution in [2.24, 2.45) is 0 Å². The fourth-order valence-corrected chi connectivity index (χ4v) is 1.75. The predicted octanol–water partition coefficient (Wildman–Crippen LogP) is 2.07. The Labute approximate surface area is 118 Å². The minimum Gasteiger partial charge on any atom is -0.493 e. The highest BCUT2D eigenvalue weighted by molar-refractivity contribution is 5.54. The molecule has 0 spiro atoms. The highest BCUT2D eigenvalue weighted by Crippen LogP contribution is 2.30. The normalized spacial score (nSPS) is 10.1.